The molecule has 1 heterocycles. The van der Waals surface area contributed by atoms with Crippen molar-refractivity contribution >= 4 is 41.3 Å². The van der Waals surface area contributed by atoms with Gasteiger partial charge in [-0.15, -0.1) is 0 Å². The van der Waals surface area contributed by atoms with E-state index in [2.05, 4.69) is 0 Å². The first-order valence-electron chi connectivity index (χ1n) is 9.43. The van der Waals surface area contributed by atoms with E-state index in [0.717, 1.165) is 11.6 Å². The number of hydrogen-bond donors (Lipinski definition) is 1. The lowest BCUT2D eigenvalue weighted by molar-refractivity contribution is -0.140. The van der Waals surface area contributed by atoms with Crippen LogP contribution in [0.4, 0.5) is 17.6 Å². The van der Waals surface area contributed by atoms with Gasteiger partial charge in [-0.05, 0) is 54.0 Å². The van der Waals surface area contributed by atoms with Crippen LogP contribution >= 0.6 is 23.2 Å². The van der Waals surface area contributed by atoms with Crippen molar-refractivity contribution in [1.29, 1.82) is 0 Å². The standard InChI is InChI=1S/C23H15Cl2F4NO3/c24-17-12-18(25)21(31)30(10-9-13-1-5-15(6-2-13)22(32)33)20(17)8-4-14-3-7-19(26)16(11-14)23(27,28)29/h1-8,11-12H,9-10H2,(H,32,33)/b8-4+. The van der Waals surface area contributed by atoms with Crippen molar-refractivity contribution in [1.82, 2.24) is 4.57 Å². The monoisotopic (exact) mass is 499 g/mol. The summed E-state index contributed by atoms with van der Waals surface area (Å²) >= 11 is 12.2. The summed E-state index contributed by atoms with van der Waals surface area (Å²) in [7, 11) is 0. The molecule has 2 aromatic carbocycles. The van der Waals surface area contributed by atoms with Crippen LogP contribution in [-0.4, -0.2) is 15.6 Å². The third kappa shape index (κ3) is 5.83. The summed E-state index contributed by atoms with van der Waals surface area (Å²) in [5.74, 6) is -2.46. The number of carbonyl (C=O) groups is 1. The first-order valence-corrected chi connectivity index (χ1v) is 10.2. The first kappa shape index (κ1) is 24.5. The molecule has 0 spiro atoms. The third-order valence-electron chi connectivity index (χ3n) is 4.79. The van der Waals surface area contributed by atoms with Crippen LogP contribution in [-0.2, 0) is 19.1 Å². The second kappa shape index (κ2) is 9.80. The van der Waals surface area contributed by atoms with E-state index in [1.165, 1.54) is 34.9 Å². The maximum Gasteiger partial charge on any atom is 0.419 e. The Morgan fingerprint density at radius 1 is 1.00 bits per heavy atom. The van der Waals surface area contributed by atoms with Gasteiger partial charge in [0.1, 0.15) is 10.8 Å². The highest BCUT2D eigenvalue weighted by atomic mass is 35.5. The quantitative estimate of drug-likeness (QED) is 0.398. The Hall–Kier alpha value is -3.10. The van der Waals surface area contributed by atoms with E-state index < -0.39 is 29.1 Å². The SMILES string of the molecule is O=C(O)c1ccc(CCn2c(/C=C/c3ccc(F)c(C(F)(F)F)c3)c(Cl)cc(Cl)c2=O)cc1. The van der Waals surface area contributed by atoms with Gasteiger partial charge in [0.2, 0.25) is 0 Å². The number of aromatic nitrogens is 1. The van der Waals surface area contributed by atoms with Crippen molar-refractivity contribution < 1.29 is 27.5 Å². The van der Waals surface area contributed by atoms with E-state index in [4.69, 9.17) is 28.3 Å². The topological polar surface area (TPSA) is 59.3 Å². The molecule has 0 saturated carbocycles. The number of aromatic carboxylic acids is 1. The highest BCUT2D eigenvalue weighted by molar-refractivity contribution is 6.35. The summed E-state index contributed by atoms with van der Waals surface area (Å²) < 4.78 is 53.7. The molecule has 0 amide bonds. The molecule has 0 atom stereocenters. The van der Waals surface area contributed by atoms with Crippen LogP contribution < -0.4 is 5.56 Å². The molecule has 0 radical (unpaired) electrons. The molecule has 0 bridgehead atoms. The second-order valence-corrected chi connectivity index (χ2v) is 7.82. The lowest BCUT2D eigenvalue weighted by Gasteiger charge is -2.13. The van der Waals surface area contributed by atoms with Crippen LogP contribution in [0.3, 0.4) is 0 Å². The summed E-state index contributed by atoms with van der Waals surface area (Å²) in [4.78, 5) is 23.6. The fraction of sp³-hybridized carbons (Fsp3) is 0.130. The minimum atomic E-state index is -4.86. The molecule has 1 N–H and O–H groups in total. The molecule has 3 aromatic rings. The van der Waals surface area contributed by atoms with Crippen LogP contribution in [0.1, 0.15) is 32.7 Å². The second-order valence-electron chi connectivity index (χ2n) is 7.00. The van der Waals surface area contributed by atoms with Crippen LogP contribution in [0.5, 0.6) is 0 Å². The number of rotatable bonds is 6. The minimum Gasteiger partial charge on any atom is -0.478 e. The van der Waals surface area contributed by atoms with Crippen molar-refractivity contribution in [2.75, 3.05) is 0 Å². The molecular weight excluding hydrogens is 485 g/mol. The molecule has 1 aromatic heterocycles. The van der Waals surface area contributed by atoms with Gasteiger partial charge in [0.05, 0.1) is 21.8 Å². The molecule has 3 rings (SSSR count). The van der Waals surface area contributed by atoms with Gasteiger partial charge in [-0.1, -0.05) is 47.5 Å². The van der Waals surface area contributed by atoms with Crippen molar-refractivity contribution in [3.8, 4) is 0 Å². The highest BCUT2D eigenvalue weighted by Gasteiger charge is 2.34. The van der Waals surface area contributed by atoms with Gasteiger partial charge in [-0.2, -0.15) is 13.2 Å². The largest absolute Gasteiger partial charge is 0.478 e. The van der Waals surface area contributed by atoms with Crippen LogP contribution in [0.15, 0.2) is 53.3 Å². The smallest absolute Gasteiger partial charge is 0.419 e. The normalized spacial score (nSPS) is 11.8. The average molecular weight is 500 g/mol. The Bertz CT molecular complexity index is 1280. The molecule has 4 nitrogen and oxygen atoms in total. The zero-order valence-electron chi connectivity index (χ0n) is 16.7. The number of aryl methyl sites for hydroxylation is 1. The van der Waals surface area contributed by atoms with Gasteiger partial charge in [-0.3, -0.25) is 4.79 Å². The molecule has 0 aliphatic carbocycles. The maximum absolute atomic E-state index is 13.5. The summed E-state index contributed by atoms with van der Waals surface area (Å²) in [6.45, 7) is 0.114. The maximum atomic E-state index is 13.5. The summed E-state index contributed by atoms with van der Waals surface area (Å²) in [5, 5.41) is 8.94. The first-order chi connectivity index (χ1) is 15.5. The number of alkyl halides is 3. The van der Waals surface area contributed by atoms with Gasteiger partial charge in [0.15, 0.2) is 0 Å². The fourth-order valence-electron chi connectivity index (χ4n) is 3.10. The number of benzene rings is 2. The van der Waals surface area contributed by atoms with E-state index in [1.54, 1.807) is 12.1 Å². The molecule has 172 valence electrons. The molecule has 0 aliphatic rings. The molecule has 33 heavy (non-hydrogen) atoms. The van der Waals surface area contributed by atoms with E-state index in [-0.39, 0.29) is 33.4 Å². The lowest BCUT2D eigenvalue weighted by Crippen LogP contribution is -2.24. The Kier molecular flexibility index (Phi) is 7.29. The Morgan fingerprint density at radius 3 is 2.27 bits per heavy atom. The summed E-state index contributed by atoms with van der Waals surface area (Å²) in [6, 6.07) is 9.83. The average Bonchev–Trinajstić information content (AvgIpc) is 2.75. The molecule has 0 fully saturated rings. The molecule has 0 unspecified atom stereocenters. The van der Waals surface area contributed by atoms with Gasteiger partial charge < -0.3 is 9.67 Å². The number of halogens is 6. The highest BCUT2D eigenvalue weighted by Crippen LogP contribution is 2.32. The van der Waals surface area contributed by atoms with E-state index in [0.29, 0.717) is 18.6 Å². The predicted octanol–water partition coefficient (Wildman–Crippen LogP) is 6.42. The Morgan fingerprint density at radius 2 is 1.67 bits per heavy atom. The Balaban J connectivity index is 1.94. The van der Waals surface area contributed by atoms with Crippen LogP contribution in [0.2, 0.25) is 10.0 Å². The molecule has 10 heteroatoms. The molecule has 0 aliphatic heterocycles. The third-order valence-corrected chi connectivity index (χ3v) is 5.37. The fourth-order valence-corrected chi connectivity index (χ4v) is 3.64. The summed E-state index contributed by atoms with van der Waals surface area (Å²) in [6.07, 6.45) is -1.90. The number of carboxylic acid groups (broad SMARTS) is 1. The van der Waals surface area contributed by atoms with Crippen LogP contribution in [0.25, 0.3) is 12.2 Å². The van der Waals surface area contributed by atoms with Crippen molar-refractivity contribution in [3.05, 3.63) is 103 Å². The van der Waals surface area contributed by atoms with Crippen LogP contribution in [0, 0.1) is 5.82 Å². The number of pyridine rings is 1. The van der Waals surface area contributed by atoms with Gasteiger partial charge in [0.25, 0.3) is 5.56 Å². The van der Waals surface area contributed by atoms with Crippen molar-refractivity contribution in [2.24, 2.45) is 0 Å². The number of nitrogens with zero attached hydrogens (tertiary/aromatic N) is 1. The summed E-state index contributed by atoms with van der Waals surface area (Å²) in [5.41, 5.74) is -0.856. The van der Waals surface area contributed by atoms with Crippen molar-refractivity contribution in [3.63, 3.8) is 0 Å². The number of carboxylic acids is 1. The lowest BCUT2D eigenvalue weighted by atomic mass is 10.1. The van der Waals surface area contributed by atoms with E-state index >= 15 is 0 Å². The zero-order valence-corrected chi connectivity index (χ0v) is 18.2. The molecule has 0 saturated heterocycles. The van der Waals surface area contributed by atoms with Gasteiger partial charge in [-0.25, -0.2) is 9.18 Å². The van der Waals surface area contributed by atoms with Crippen molar-refractivity contribution in [2.45, 2.75) is 19.1 Å². The van der Waals surface area contributed by atoms with Gasteiger partial charge in [0, 0.05) is 6.54 Å². The van der Waals surface area contributed by atoms with E-state index in [9.17, 15) is 27.2 Å². The minimum absolute atomic E-state index is 0.0537. The van der Waals surface area contributed by atoms with E-state index in [1.807, 2.05) is 0 Å². The predicted molar refractivity (Wildman–Crippen MR) is 118 cm³/mol. The van der Waals surface area contributed by atoms with Gasteiger partial charge >= 0.3 is 12.1 Å². The zero-order chi connectivity index (χ0) is 24.3. The Labute approximate surface area is 195 Å². The number of hydrogen-bond acceptors (Lipinski definition) is 2. The molecular formula is C23H15Cl2F4NO3.